The molecule has 0 aromatic rings. The van der Waals surface area contributed by atoms with Crippen molar-refractivity contribution < 1.29 is 28.5 Å². The maximum Gasteiger partial charge on any atom is 0.410 e. The number of rotatable bonds is 2. The molecule has 8 heteroatoms. The van der Waals surface area contributed by atoms with Crippen molar-refractivity contribution in [3.8, 4) is 0 Å². The van der Waals surface area contributed by atoms with Crippen LogP contribution in [0.25, 0.3) is 0 Å². The Morgan fingerprint density at radius 2 is 1.70 bits per heavy atom. The van der Waals surface area contributed by atoms with Gasteiger partial charge in [-0.15, -0.1) is 0 Å². The van der Waals surface area contributed by atoms with Gasteiger partial charge in [0.15, 0.2) is 0 Å². The van der Waals surface area contributed by atoms with Gasteiger partial charge in [-0.1, -0.05) is 0 Å². The van der Waals surface area contributed by atoms with E-state index in [9.17, 15) is 9.59 Å². The molecular weight excluding hydrogens is 304 g/mol. The molecule has 0 N–H and O–H groups in total. The first-order chi connectivity index (χ1) is 10.8. The summed E-state index contributed by atoms with van der Waals surface area (Å²) in [6.45, 7) is 8.96. The van der Waals surface area contributed by atoms with Crippen LogP contribution in [0.5, 0.6) is 0 Å². The summed E-state index contributed by atoms with van der Waals surface area (Å²) in [5, 5.41) is 0. The van der Waals surface area contributed by atoms with Crippen LogP contribution in [0.15, 0.2) is 0 Å². The molecule has 2 amide bonds. The van der Waals surface area contributed by atoms with Crippen molar-refractivity contribution in [3.05, 3.63) is 0 Å². The molecule has 2 aliphatic rings. The molecule has 0 spiro atoms. The Morgan fingerprint density at radius 3 is 2.35 bits per heavy atom. The van der Waals surface area contributed by atoms with E-state index in [-0.39, 0.29) is 24.9 Å². The van der Waals surface area contributed by atoms with Gasteiger partial charge >= 0.3 is 12.2 Å². The molecule has 0 radical (unpaired) electrons. The Hall–Kier alpha value is -1.54. The lowest BCUT2D eigenvalue weighted by Gasteiger charge is -2.34. The second kappa shape index (κ2) is 7.83. The van der Waals surface area contributed by atoms with Gasteiger partial charge in [-0.2, -0.15) is 0 Å². The first-order valence-corrected chi connectivity index (χ1v) is 7.94. The molecular formula is C15H26N2O6. The molecule has 0 aliphatic carbocycles. The number of hydrogen-bond donors (Lipinski definition) is 0. The van der Waals surface area contributed by atoms with Gasteiger partial charge in [0.2, 0.25) is 0 Å². The van der Waals surface area contributed by atoms with Crippen molar-refractivity contribution in [1.82, 2.24) is 9.80 Å². The standard InChI is InChI=1S/C15H26N2O6/c1-15(2,3)23-14(19)17-6-9-21-12(10-17)11-22-13(18)16-4-7-20-8-5-16/h12H,4-11H2,1-3H3. The van der Waals surface area contributed by atoms with Crippen LogP contribution in [-0.4, -0.2) is 86.3 Å². The largest absolute Gasteiger partial charge is 0.447 e. The molecule has 2 heterocycles. The van der Waals surface area contributed by atoms with E-state index in [0.717, 1.165) is 0 Å². The molecule has 1 unspecified atom stereocenters. The average molecular weight is 330 g/mol. The van der Waals surface area contributed by atoms with E-state index in [1.54, 1.807) is 9.80 Å². The Kier molecular flexibility index (Phi) is 6.06. The van der Waals surface area contributed by atoms with E-state index in [2.05, 4.69) is 0 Å². The zero-order valence-corrected chi connectivity index (χ0v) is 14.1. The first-order valence-electron chi connectivity index (χ1n) is 7.94. The number of carbonyl (C=O) groups is 2. The highest BCUT2D eigenvalue weighted by atomic mass is 16.6. The molecule has 0 bridgehead atoms. The summed E-state index contributed by atoms with van der Waals surface area (Å²) in [5.74, 6) is 0. The Balaban J connectivity index is 1.75. The first kappa shape index (κ1) is 17.8. The minimum Gasteiger partial charge on any atom is -0.447 e. The summed E-state index contributed by atoms with van der Waals surface area (Å²) in [7, 11) is 0. The number of carbonyl (C=O) groups excluding carboxylic acids is 2. The van der Waals surface area contributed by atoms with E-state index >= 15 is 0 Å². The zero-order valence-electron chi connectivity index (χ0n) is 14.1. The van der Waals surface area contributed by atoms with Crippen LogP contribution in [0.2, 0.25) is 0 Å². The predicted molar refractivity (Wildman–Crippen MR) is 81.3 cm³/mol. The number of amides is 2. The van der Waals surface area contributed by atoms with E-state index < -0.39 is 5.60 Å². The van der Waals surface area contributed by atoms with Crippen LogP contribution in [0.1, 0.15) is 20.8 Å². The lowest BCUT2D eigenvalue weighted by atomic mass is 10.2. The van der Waals surface area contributed by atoms with Gasteiger partial charge in [0.05, 0.1) is 26.4 Å². The average Bonchev–Trinajstić information content (AvgIpc) is 2.52. The lowest BCUT2D eigenvalue weighted by molar-refractivity contribution is -0.0658. The number of hydrogen-bond acceptors (Lipinski definition) is 6. The van der Waals surface area contributed by atoms with Crippen LogP contribution in [0.4, 0.5) is 9.59 Å². The molecule has 8 nitrogen and oxygen atoms in total. The van der Waals surface area contributed by atoms with Gasteiger partial charge in [0.25, 0.3) is 0 Å². The quantitative estimate of drug-likeness (QED) is 0.754. The minimum absolute atomic E-state index is 0.121. The monoisotopic (exact) mass is 330 g/mol. The Labute approximate surface area is 136 Å². The van der Waals surface area contributed by atoms with Crippen molar-refractivity contribution in [2.24, 2.45) is 0 Å². The highest BCUT2D eigenvalue weighted by molar-refractivity contribution is 5.68. The van der Waals surface area contributed by atoms with E-state index in [4.69, 9.17) is 18.9 Å². The highest BCUT2D eigenvalue weighted by Crippen LogP contribution is 2.13. The van der Waals surface area contributed by atoms with Crippen molar-refractivity contribution in [2.75, 3.05) is 52.6 Å². The number of ether oxygens (including phenoxy) is 4. The van der Waals surface area contributed by atoms with Crippen LogP contribution in [-0.2, 0) is 18.9 Å². The molecule has 2 saturated heterocycles. The van der Waals surface area contributed by atoms with E-state index in [1.165, 1.54) is 0 Å². The smallest absolute Gasteiger partial charge is 0.410 e. The fraction of sp³-hybridized carbons (Fsp3) is 0.867. The van der Waals surface area contributed by atoms with Crippen LogP contribution in [0, 0.1) is 0 Å². The summed E-state index contributed by atoms with van der Waals surface area (Å²) in [5.41, 5.74) is -0.534. The van der Waals surface area contributed by atoms with Gasteiger partial charge in [-0.05, 0) is 20.8 Å². The highest BCUT2D eigenvalue weighted by Gasteiger charge is 2.29. The second-order valence-electron chi connectivity index (χ2n) is 6.60. The third-order valence-electron chi connectivity index (χ3n) is 3.45. The fourth-order valence-corrected chi connectivity index (χ4v) is 2.31. The third kappa shape index (κ3) is 5.87. The summed E-state index contributed by atoms with van der Waals surface area (Å²) >= 11 is 0. The van der Waals surface area contributed by atoms with Gasteiger partial charge in [0, 0.05) is 19.6 Å². The second-order valence-corrected chi connectivity index (χ2v) is 6.60. The summed E-state index contributed by atoms with van der Waals surface area (Å²) in [4.78, 5) is 27.2. The predicted octanol–water partition coefficient (Wildman–Crippen LogP) is 1.09. The summed E-state index contributed by atoms with van der Waals surface area (Å²) in [6.07, 6.45) is -1.07. The Morgan fingerprint density at radius 1 is 1.04 bits per heavy atom. The van der Waals surface area contributed by atoms with E-state index in [1.807, 2.05) is 20.8 Å². The minimum atomic E-state index is -0.534. The van der Waals surface area contributed by atoms with Gasteiger partial charge in [-0.25, -0.2) is 9.59 Å². The van der Waals surface area contributed by atoms with Crippen molar-refractivity contribution >= 4 is 12.2 Å². The molecule has 0 saturated carbocycles. The third-order valence-corrected chi connectivity index (χ3v) is 3.45. The Bertz CT molecular complexity index is 417. The van der Waals surface area contributed by atoms with Gasteiger partial charge in [-0.3, -0.25) is 0 Å². The lowest BCUT2D eigenvalue weighted by Crippen LogP contribution is -2.49. The molecule has 23 heavy (non-hydrogen) atoms. The summed E-state index contributed by atoms with van der Waals surface area (Å²) < 4.78 is 21.4. The molecule has 2 fully saturated rings. The molecule has 2 aliphatic heterocycles. The maximum atomic E-state index is 12.1. The van der Waals surface area contributed by atoms with E-state index in [0.29, 0.717) is 46.0 Å². The molecule has 2 rings (SSSR count). The number of nitrogens with zero attached hydrogens (tertiary/aromatic N) is 2. The maximum absolute atomic E-state index is 12.1. The van der Waals surface area contributed by atoms with Crippen molar-refractivity contribution in [3.63, 3.8) is 0 Å². The topological polar surface area (TPSA) is 77.5 Å². The SMILES string of the molecule is CC(C)(C)OC(=O)N1CCOC(COC(=O)N2CCOCC2)C1. The van der Waals surface area contributed by atoms with Crippen molar-refractivity contribution in [2.45, 2.75) is 32.5 Å². The zero-order chi connectivity index (χ0) is 16.9. The summed E-state index contributed by atoms with van der Waals surface area (Å²) in [6, 6.07) is 0. The number of morpholine rings is 2. The molecule has 1 atom stereocenters. The normalized spacial score (nSPS) is 22.7. The molecule has 132 valence electrons. The molecule has 0 aromatic carbocycles. The van der Waals surface area contributed by atoms with Crippen LogP contribution < -0.4 is 0 Å². The van der Waals surface area contributed by atoms with Crippen LogP contribution in [0.3, 0.4) is 0 Å². The van der Waals surface area contributed by atoms with Gasteiger partial charge in [0.1, 0.15) is 18.3 Å². The van der Waals surface area contributed by atoms with Crippen LogP contribution >= 0.6 is 0 Å². The molecule has 0 aromatic heterocycles. The van der Waals surface area contributed by atoms with Crippen molar-refractivity contribution in [1.29, 1.82) is 0 Å². The van der Waals surface area contributed by atoms with Gasteiger partial charge < -0.3 is 28.7 Å². The fourth-order valence-electron chi connectivity index (χ4n) is 2.31.